The standard InChI is InChI=1S/C13H24F2N2O/c1-3-5-12(6-4-2,11(16)18)17-9-7-13(14,15)8-10-17/h3-10H2,1-2H3,(H2,16,18). The number of alkyl halides is 2. The van der Waals surface area contributed by atoms with Crippen LogP contribution in [0.5, 0.6) is 0 Å². The second-order valence-electron chi connectivity index (χ2n) is 5.24. The first-order valence-electron chi connectivity index (χ1n) is 6.81. The summed E-state index contributed by atoms with van der Waals surface area (Å²) in [4.78, 5) is 13.7. The minimum absolute atomic E-state index is 0.171. The lowest BCUT2D eigenvalue weighted by Crippen LogP contribution is -2.60. The second kappa shape index (κ2) is 5.95. The van der Waals surface area contributed by atoms with Crippen molar-refractivity contribution in [3.63, 3.8) is 0 Å². The van der Waals surface area contributed by atoms with Crippen molar-refractivity contribution in [1.82, 2.24) is 4.90 Å². The van der Waals surface area contributed by atoms with Gasteiger partial charge in [0, 0.05) is 25.9 Å². The van der Waals surface area contributed by atoms with Crippen LogP contribution in [0.4, 0.5) is 8.78 Å². The van der Waals surface area contributed by atoms with Crippen molar-refractivity contribution in [3.05, 3.63) is 0 Å². The van der Waals surface area contributed by atoms with Gasteiger partial charge in [-0.25, -0.2) is 8.78 Å². The van der Waals surface area contributed by atoms with Gasteiger partial charge in [-0.15, -0.1) is 0 Å². The quantitative estimate of drug-likeness (QED) is 0.799. The number of amides is 1. The molecule has 1 amide bonds. The van der Waals surface area contributed by atoms with Gasteiger partial charge in [0.25, 0.3) is 5.92 Å². The summed E-state index contributed by atoms with van der Waals surface area (Å²) in [6.07, 6.45) is 2.63. The molecular weight excluding hydrogens is 238 g/mol. The van der Waals surface area contributed by atoms with E-state index >= 15 is 0 Å². The number of carbonyl (C=O) groups is 1. The number of hydrogen-bond donors (Lipinski definition) is 1. The van der Waals surface area contributed by atoms with E-state index in [-0.39, 0.29) is 31.8 Å². The van der Waals surface area contributed by atoms with Crippen molar-refractivity contribution in [3.8, 4) is 0 Å². The Labute approximate surface area is 108 Å². The Kier molecular flexibility index (Phi) is 5.08. The number of rotatable bonds is 6. The van der Waals surface area contributed by atoms with Crippen LogP contribution in [0.15, 0.2) is 0 Å². The highest BCUT2D eigenvalue weighted by atomic mass is 19.3. The molecule has 1 aliphatic rings. The average molecular weight is 262 g/mol. The fourth-order valence-electron chi connectivity index (χ4n) is 2.93. The SMILES string of the molecule is CCCC(CCC)(C(N)=O)N1CCC(F)(F)CC1. The van der Waals surface area contributed by atoms with Gasteiger partial charge in [0.1, 0.15) is 5.54 Å². The van der Waals surface area contributed by atoms with Crippen LogP contribution in [0.3, 0.4) is 0 Å². The van der Waals surface area contributed by atoms with Crippen molar-refractivity contribution < 1.29 is 13.6 Å². The molecule has 0 aliphatic carbocycles. The van der Waals surface area contributed by atoms with Crippen LogP contribution < -0.4 is 5.73 Å². The molecule has 0 saturated carbocycles. The van der Waals surface area contributed by atoms with Crippen molar-refractivity contribution >= 4 is 5.91 Å². The molecule has 1 saturated heterocycles. The maximum Gasteiger partial charge on any atom is 0.250 e. The normalized spacial score (nSPS) is 20.9. The largest absolute Gasteiger partial charge is 0.368 e. The van der Waals surface area contributed by atoms with E-state index < -0.39 is 11.5 Å². The summed E-state index contributed by atoms with van der Waals surface area (Å²) in [6.45, 7) is 4.50. The zero-order valence-corrected chi connectivity index (χ0v) is 11.3. The molecule has 1 fully saturated rings. The van der Waals surface area contributed by atoms with Gasteiger partial charge in [0.05, 0.1) is 0 Å². The van der Waals surface area contributed by atoms with Gasteiger partial charge in [-0.3, -0.25) is 9.69 Å². The zero-order valence-electron chi connectivity index (χ0n) is 11.3. The first kappa shape index (κ1) is 15.3. The van der Waals surface area contributed by atoms with Crippen LogP contribution in [0, 0.1) is 0 Å². The fraction of sp³-hybridized carbons (Fsp3) is 0.923. The van der Waals surface area contributed by atoms with Crippen LogP contribution in [-0.4, -0.2) is 35.4 Å². The van der Waals surface area contributed by atoms with E-state index in [1.54, 1.807) is 0 Å². The van der Waals surface area contributed by atoms with Crippen LogP contribution >= 0.6 is 0 Å². The number of piperidine rings is 1. The van der Waals surface area contributed by atoms with Gasteiger partial charge in [0.2, 0.25) is 5.91 Å². The first-order valence-corrected chi connectivity index (χ1v) is 6.81. The summed E-state index contributed by atoms with van der Waals surface area (Å²) < 4.78 is 26.4. The van der Waals surface area contributed by atoms with Gasteiger partial charge in [-0.2, -0.15) is 0 Å². The highest BCUT2D eigenvalue weighted by Crippen LogP contribution is 2.35. The molecule has 0 atom stereocenters. The Bertz CT molecular complexity index is 279. The highest BCUT2D eigenvalue weighted by Gasteiger charge is 2.45. The summed E-state index contributed by atoms with van der Waals surface area (Å²) in [5, 5.41) is 0. The Balaban J connectivity index is 2.86. The number of hydrogen-bond acceptors (Lipinski definition) is 2. The monoisotopic (exact) mass is 262 g/mol. The fourth-order valence-corrected chi connectivity index (χ4v) is 2.93. The number of likely N-dealkylation sites (tertiary alicyclic amines) is 1. The van der Waals surface area contributed by atoms with E-state index in [0.717, 1.165) is 12.8 Å². The third-order valence-corrected chi connectivity index (χ3v) is 3.89. The van der Waals surface area contributed by atoms with Crippen LogP contribution in [-0.2, 0) is 4.79 Å². The van der Waals surface area contributed by atoms with Gasteiger partial charge >= 0.3 is 0 Å². The molecule has 18 heavy (non-hydrogen) atoms. The molecule has 0 unspecified atom stereocenters. The molecule has 1 aliphatic heterocycles. The summed E-state index contributed by atoms with van der Waals surface area (Å²) in [5.41, 5.74) is 4.85. The summed E-state index contributed by atoms with van der Waals surface area (Å²) >= 11 is 0. The van der Waals surface area contributed by atoms with Crippen molar-refractivity contribution in [1.29, 1.82) is 0 Å². The van der Waals surface area contributed by atoms with Crippen molar-refractivity contribution in [2.45, 2.75) is 63.8 Å². The second-order valence-corrected chi connectivity index (χ2v) is 5.24. The summed E-state index contributed by atoms with van der Waals surface area (Å²) in [7, 11) is 0. The van der Waals surface area contributed by atoms with Gasteiger partial charge in [-0.1, -0.05) is 26.7 Å². The van der Waals surface area contributed by atoms with Gasteiger partial charge in [0.15, 0.2) is 0 Å². The predicted octanol–water partition coefficient (Wildman–Crippen LogP) is 2.54. The third-order valence-electron chi connectivity index (χ3n) is 3.89. The van der Waals surface area contributed by atoms with E-state index in [4.69, 9.17) is 5.73 Å². The Morgan fingerprint density at radius 2 is 1.67 bits per heavy atom. The Morgan fingerprint density at radius 1 is 1.22 bits per heavy atom. The van der Waals surface area contributed by atoms with E-state index in [9.17, 15) is 13.6 Å². The molecule has 0 spiro atoms. The third kappa shape index (κ3) is 3.19. The van der Waals surface area contributed by atoms with E-state index in [2.05, 4.69) is 0 Å². The molecule has 1 rings (SSSR count). The lowest BCUT2D eigenvalue weighted by molar-refractivity contribution is -0.138. The van der Waals surface area contributed by atoms with Crippen molar-refractivity contribution in [2.75, 3.05) is 13.1 Å². The predicted molar refractivity (Wildman–Crippen MR) is 67.5 cm³/mol. The van der Waals surface area contributed by atoms with Crippen LogP contribution in [0.2, 0.25) is 0 Å². The highest BCUT2D eigenvalue weighted by molar-refractivity contribution is 5.84. The molecule has 0 aromatic heterocycles. The molecule has 0 aromatic rings. The minimum Gasteiger partial charge on any atom is -0.368 e. The Hall–Kier alpha value is -0.710. The molecule has 0 radical (unpaired) electrons. The molecule has 0 aromatic carbocycles. The lowest BCUT2D eigenvalue weighted by Gasteiger charge is -2.45. The molecule has 106 valence electrons. The van der Waals surface area contributed by atoms with Crippen LogP contribution in [0.25, 0.3) is 0 Å². The Morgan fingerprint density at radius 3 is 2.00 bits per heavy atom. The number of nitrogens with zero attached hydrogens (tertiary/aromatic N) is 1. The minimum atomic E-state index is -2.59. The van der Waals surface area contributed by atoms with E-state index in [1.807, 2.05) is 18.7 Å². The van der Waals surface area contributed by atoms with Crippen molar-refractivity contribution in [2.24, 2.45) is 5.73 Å². The number of nitrogens with two attached hydrogens (primary N) is 1. The number of carbonyl (C=O) groups excluding carboxylic acids is 1. The molecule has 3 nitrogen and oxygen atoms in total. The van der Waals surface area contributed by atoms with Crippen LogP contribution in [0.1, 0.15) is 52.4 Å². The summed E-state index contributed by atoms with van der Waals surface area (Å²) in [5.74, 6) is -2.95. The lowest BCUT2D eigenvalue weighted by atomic mass is 9.84. The van der Waals surface area contributed by atoms with E-state index in [1.165, 1.54) is 0 Å². The first-order chi connectivity index (χ1) is 8.38. The molecule has 0 bridgehead atoms. The van der Waals surface area contributed by atoms with Gasteiger partial charge < -0.3 is 5.73 Å². The molecule has 2 N–H and O–H groups in total. The average Bonchev–Trinajstić information content (AvgIpc) is 2.28. The maximum absolute atomic E-state index is 13.2. The smallest absolute Gasteiger partial charge is 0.250 e. The van der Waals surface area contributed by atoms with Gasteiger partial charge in [-0.05, 0) is 12.8 Å². The summed E-state index contributed by atoms with van der Waals surface area (Å²) in [6, 6.07) is 0. The number of halogens is 2. The molecule has 1 heterocycles. The zero-order chi connectivity index (χ0) is 13.8. The number of primary amides is 1. The molecule has 5 heteroatoms. The molecular formula is C13H24F2N2O. The maximum atomic E-state index is 13.2. The topological polar surface area (TPSA) is 46.3 Å². The van der Waals surface area contributed by atoms with E-state index in [0.29, 0.717) is 12.8 Å².